The molecule has 0 atom stereocenters. The van der Waals surface area contributed by atoms with E-state index < -0.39 is 5.97 Å². The van der Waals surface area contributed by atoms with E-state index >= 15 is 0 Å². The highest BCUT2D eigenvalue weighted by Crippen LogP contribution is 2.31. The number of carboxylic acid groups (broad SMARTS) is 1. The maximum absolute atomic E-state index is 10.6. The third kappa shape index (κ3) is 3.26. The molecule has 0 bridgehead atoms. The Balaban J connectivity index is 1.96. The Labute approximate surface area is 134 Å². The number of nitrogen functional groups attached to an aromatic ring is 1. The number of carboxylic acids is 1. The zero-order valence-electron chi connectivity index (χ0n) is 13.0. The number of benzene rings is 2. The Hall–Kier alpha value is -2.62. The lowest BCUT2D eigenvalue weighted by Crippen LogP contribution is -1.98. The first-order valence-electron chi connectivity index (χ1n) is 7.94. The summed E-state index contributed by atoms with van der Waals surface area (Å²) in [5, 5.41) is 10.9. The molecule has 3 rings (SSSR count). The fraction of sp³-hybridized carbons (Fsp3) is 0.263. The molecule has 0 saturated heterocycles. The fourth-order valence-electron chi connectivity index (χ4n) is 3.08. The number of hydrogen-bond donors (Lipinski definition) is 2. The van der Waals surface area contributed by atoms with E-state index in [4.69, 9.17) is 15.8 Å². The van der Waals surface area contributed by atoms with Crippen LogP contribution in [0.15, 0.2) is 42.5 Å². The van der Waals surface area contributed by atoms with Gasteiger partial charge in [-0.05, 0) is 43.0 Å². The predicted octanol–water partition coefficient (Wildman–Crippen LogP) is 4.16. The second-order valence-electron chi connectivity index (χ2n) is 5.80. The monoisotopic (exact) mass is 308 g/mol. The van der Waals surface area contributed by atoms with Gasteiger partial charge in [-0.25, -0.2) is 4.98 Å². The zero-order chi connectivity index (χ0) is 16.2. The van der Waals surface area contributed by atoms with Crippen molar-refractivity contribution < 1.29 is 9.90 Å². The normalized spacial score (nSPS) is 11.1. The van der Waals surface area contributed by atoms with Crippen LogP contribution in [0.4, 0.5) is 5.69 Å². The molecule has 0 aliphatic rings. The number of pyridine rings is 1. The maximum atomic E-state index is 10.6. The van der Waals surface area contributed by atoms with Crippen LogP contribution in [0.25, 0.3) is 21.8 Å². The maximum Gasteiger partial charge on any atom is 0.303 e. The van der Waals surface area contributed by atoms with Crippen molar-refractivity contribution >= 4 is 33.5 Å². The van der Waals surface area contributed by atoms with E-state index in [1.54, 1.807) is 0 Å². The average Bonchev–Trinajstić information content (AvgIpc) is 2.53. The lowest BCUT2D eigenvalue weighted by molar-refractivity contribution is -0.137. The first kappa shape index (κ1) is 15.3. The van der Waals surface area contributed by atoms with Crippen LogP contribution in [0.1, 0.15) is 31.2 Å². The Morgan fingerprint density at radius 3 is 2.61 bits per heavy atom. The number of rotatable bonds is 6. The third-order valence-electron chi connectivity index (χ3n) is 4.16. The molecule has 0 aliphatic carbocycles. The number of carbonyl (C=O) groups is 1. The van der Waals surface area contributed by atoms with Crippen LogP contribution in [0.2, 0.25) is 0 Å². The summed E-state index contributed by atoms with van der Waals surface area (Å²) in [7, 11) is 0. The molecule has 0 spiro atoms. The summed E-state index contributed by atoms with van der Waals surface area (Å²) >= 11 is 0. The molecule has 0 unspecified atom stereocenters. The van der Waals surface area contributed by atoms with E-state index in [9.17, 15) is 4.79 Å². The molecular formula is C19H20N2O2. The van der Waals surface area contributed by atoms with Gasteiger partial charge < -0.3 is 10.8 Å². The van der Waals surface area contributed by atoms with Crippen LogP contribution in [0.5, 0.6) is 0 Å². The number of fused-ring (bicyclic) bond motifs is 2. The molecule has 1 aromatic heterocycles. The van der Waals surface area contributed by atoms with Crippen LogP contribution in [-0.4, -0.2) is 16.1 Å². The van der Waals surface area contributed by atoms with Crippen LogP contribution in [0, 0.1) is 0 Å². The number of aryl methyl sites for hydroxylation is 1. The number of anilines is 1. The average molecular weight is 308 g/mol. The minimum Gasteiger partial charge on any atom is -0.481 e. The van der Waals surface area contributed by atoms with Gasteiger partial charge in [0.05, 0.1) is 11.0 Å². The third-order valence-corrected chi connectivity index (χ3v) is 4.16. The molecule has 2 aromatic carbocycles. The molecule has 23 heavy (non-hydrogen) atoms. The Morgan fingerprint density at radius 2 is 1.78 bits per heavy atom. The van der Waals surface area contributed by atoms with Crippen LogP contribution in [0.3, 0.4) is 0 Å². The SMILES string of the molecule is Nc1cccc2nc3ccccc3c(CCCCCC(=O)O)c12. The van der Waals surface area contributed by atoms with Gasteiger partial charge in [0.2, 0.25) is 0 Å². The van der Waals surface area contributed by atoms with Gasteiger partial charge >= 0.3 is 5.97 Å². The number of aromatic nitrogens is 1. The van der Waals surface area contributed by atoms with Gasteiger partial charge in [-0.2, -0.15) is 0 Å². The van der Waals surface area contributed by atoms with Crippen LogP contribution >= 0.6 is 0 Å². The molecular weight excluding hydrogens is 288 g/mol. The summed E-state index contributed by atoms with van der Waals surface area (Å²) in [6, 6.07) is 13.9. The molecule has 0 radical (unpaired) electrons. The standard InChI is InChI=1S/C19H20N2O2/c20-15-9-6-11-17-19(15)14(8-2-1-3-12-18(22)23)13-7-4-5-10-16(13)21-17/h4-7,9-11H,1-3,8,12,20H2,(H,22,23). The first-order chi connectivity index (χ1) is 11.2. The van der Waals surface area contributed by atoms with Crippen molar-refractivity contribution in [3.05, 3.63) is 48.0 Å². The van der Waals surface area contributed by atoms with Gasteiger partial charge in [-0.1, -0.05) is 30.7 Å². The van der Waals surface area contributed by atoms with E-state index in [1.165, 1.54) is 5.56 Å². The smallest absolute Gasteiger partial charge is 0.303 e. The second kappa shape index (κ2) is 6.65. The quantitative estimate of drug-likeness (QED) is 0.407. The van der Waals surface area contributed by atoms with Gasteiger partial charge in [0.25, 0.3) is 0 Å². The van der Waals surface area contributed by atoms with Crippen molar-refractivity contribution in [3.8, 4) is 0 Å². The molecule has 0 aliphatic heterocycles. The highest BCUT2D eigenvalue weighted by atomic mass is 16.4. The predicted molar refractivity (Wildman–Crippen MR) is 93.5 cm³/mol. The molecule has 4 nitrogen and oxygen atoms in total. The van der Waals surface area contributed by atoms with Gasteiger partial charge in [0.15, 0.2) is 0 Å². The molecule has 0 amide bonds. The largest absolute Gasteiger partial charge is 0.481 e. The highest BCUT2D eigenvalue weighted by Gasteiger charge is 2.11. The Bertz CT molecular complexity index is 858. The summed E-state index contributed by atoms with van der Waals surface area (Å²) in [6.45, 7) is 0. The Kier molecular flexibility index (Phi) is 4.42. The van der Waals surface area contributed by atoms with Gasteiger partial charge in [0, 0.05) is 22.9 Å². The van der Waals surface area contributed by atoms with Crippen molar-refractivity contribution in [2.45, 2.75) is 32.1 Å². The lowest BCUT2D eigenvalue weighted by atomic mass is 9.96. The number of para-hydroxylation sites is 1. The zero-order valence-corrected chi connectivity index (χ0v) is 13.0. The Morgan fingerprint density at radius 1 is 1.00 bits per heavy atom. The molecule has 3 aromatic rings. The summed E-state index contributed by atoms with van der Waals surface area (Å²) in [6.07, 6.45) is 3.68. The van der Waals surface area contributed by atoms with Crippen molar-refractivity contribution in [1.29, 1.82) is 0 Å². The highest BCUT2D eigenvalue weighted by molar-refractivity contribution is 6.02. The molecule has 1 heterocycles. The van der Waals surface area contributed by atoms with Crippen molar-refractivity contribution in [2.75, 3.05) is 5.73 Å². The van der Waals surface area contributed by atoms with E-state index in [0.29, 0.717) is 6.42 Å². The minimum atomic E-state index is -0.728. The van der Waals surface area contributed by atoms with E-state index in [-0.39, 0.29) is 6.42 Å². The molecule has 0 fully saturated rings. The summed E-state index contributed by atoms with van der Waals surface area (Å²) < 4.78 is 0. The van der Waals surface area contributed by atoms with Gasteiger partial charge in [0.1, 0.15) is 0 Å². The van der Waals surface area contributed by atoms with E-state index in [2.05, 4.69) is 6.07 Å². The number of hydrogen-bond acceptors (Lipinski definition) is 3. The van der Waals surface area contributed by atoms with Crippen LogP contribution < -0.4 is 5.73 Å². The van der Waals surface area contributed by atoms with Crippen LogP contribution in [-0.2, 0) is 11.2 Å². The molecule has 3 N–H and O–H groups in total. The number of nitrogens with zero attached hydrogens (tertiary/aromatic N) is 1. The van der Waals surface area contributed by atoms with E-state index in [0.717, 1.165) is 46.8 Å². The fourth-order valence-corrected chi connectivity index (χ4v) is 3.08. The number of aliphatic carboxylic acids is 1. The van der Waals surface area contributed by atoms with Gasteiger partial charge in [-0.3, -0.25) is 4.79 Å². The van der Waals surface area contributed by atoms with Crippen molar-refractivity contribution in [3.63, 3.8) is 0 Å². The number of unbranched alkanes of at least 4 members (excludes halogenated alkanes) is 2. The van der Waals surface area contributed by atoms with Crippen molar-refractivity contribution in [2.24, 2.45) is 0 Å². The number of nitrogens with two attached hydrogens (primary N) is 1. The summed E-state index contributed by atoms with van der Waals surface area (Å²) in [5.41, 5.74) is 10.1. The lowest BCUT2D eigenvalue weighted by Gasteiger charge is -2.12. The summed E-state index contributed by atoms with van der Waals surface area (Å²) in [4.78, 5) is 15.3. The topological polar surface area (TPSA) is 76.2 Å². The summed E-state index contributed by atoms with van der Waals surface area (Å²) in [5.74, 6) is -0.728. The second-order valence-corrected chi connectivity index (χ2v) is 5.80. The molecule has 0 saturated carbocycles. The van der Waals surface area contributed by atoms with Gasteiger partial charge in [-0.15, -0.1) is 0 Å². The molecule has 4 heteroatoms. The van der Waals surface area contributed by atoms with E-state index in [1.807, 2.05) is 36.4 Å². The first-order valence-corrected chi connectivity index (χ1v) is 7.94. The molecule has 118 valence electrons. The van der Waals surface area contributed by atoms with Crippen molar-refractivity contribution in [1.82, 2.24) is 4.98 Å². The minimum absolute atomic E-state index is 0.236.